The van der Waals surface area contributed by atoms with Gasteiger partial charge in [0.25, 0.3) is 0 Å². The molecule has 0 bridgehead atoms. The Bertz CT molecular complexity index is 2130. The Morgan fingerprint density at radius 2 is 1.38 bits per heavy atom. The predicted molar refractivity (Wildman–Crippen MR) is 136 cm³/mol. The lowest BCUT2D eigenvalue weighted by atomic mass is 10.1. The summed E-state index contributed by atoms with van der Waals surface area (Å²) in [4.78, 5) is 3.12. The molecule has 32 heavy (non-hydrogen) atoms. The highest BCUT2D eigenvalue weighted by Crippen LogP contribution is 2.39. The molecule has 0 aliphatic rings. The molecule has 0 atom stereocenters. The maximum atomic E-state index is 9.05. The molecule has 5 aromatic carbocycles. The average Bonchev–Trinajstić information content (AvgIpc) is 3.48. The minimum atomic E-state index is -0.109. The van der Waals surface area contributed by atoms with Gasteiger partial charge in [0.05, 0.1) is 20.6 Å². The van der Waals surface area contributed by atoms with Crippen LogP contribution in [-0.2, 0) is 0 Å². The van der Waals surface area contributed by atoms with Crippen molar-refractivity contribution in [1.29, 1.82) is 0 Å². The van der Waals surface area contributed by atoms with Crippen LogP contribution in [0.5, 0.6) is 0 Å². The summed E-state index contributed by atoms with van der Waals surface area (Å²) in [6, 6.07) is 21.9. The average molecular weight is 416 g/mol. The highest BCUT2D eigenvalue weighted by Gasteiger charge is 2.17. The summed E-state index contributed by atoms with van der Waals surface area (Å²) in [5, 5.41) is 1.88. The topological polar surface area (TPSA) is 20.7 Å². The quantitative estimate of drug-likeness (QED) is 0.295. The van der Waals surface area contributed by atoms with E-state index in [0.717, 1.165) is 11.1 Å². The Balaban J connectivity index is 1.70. The molecule has 0 aliphatic carbocycles. The fraction of sp³-hybridized carbons (Fsp3) is 0. The van der Waals surface area contributed by atoms with Crippen molar-refractivity contribution in [3.63, 3.8) is 0 Å². The number of rotatable bonds is 2. The third-order valence-electron chi connectivity index (χ3n) is 6.00. The monoisotopic (exact) mass is 415 g/mol. The highest BCUT2D eigenvalue weighted by atomic mass is 15.0. The SMILES string of the molecule is [2H]c1cc([2H])c2[nH]c3c([2H])c([2H])c4c(c5c([2H])c([2H])cc([2H])c5n4-c4ccc(-c5ccccc5)cc4)c3c2c1. The van der Waals surface area contributed by atoms with Crippen LogP contribution in [0.15, 0.2) is 115 Å². The van der Waals surface area contributed by atoms with Gasteiger partial charge in [-0.3, -0.25) is 0 Å². The largest absolute Gasteiger partial charge is 0.354 e. The number of nitrogens with one attached hydrogen (secondary N) is 1. The second-order valence-corrected chi connectivity index (χ2v) is 7.77. The molecule has 2 nitrogen and oxygen atoms in total. The highest BCUT2D eigenvalue weighted by molar-refractivity contribution is 6.28. The van der Waals surface area contributed by atoms with Gasteiger partial charge in [-0.1, -0.05) is 78.8 Å². The first-order chi connectivity index (χ1) is 18.8. The molecule has 2 heterocycles. The lowest BCUT2D eigenvalue weighted by Gasteiger charge is -2.09. The summed E-state index contributed by atoms with van der Waals surface area (Å²) in [7, 11) is 0. The zero-order valence-electron chi connectivity index (χ0n) is 23.9. The summed E-state index contributed by atoms with van der Waals surface area (Å²) >= 11 is 0. The Hall–Kier alpha value is -4.30. The molecule has 0 unspecified atom stereocenters. The van der Waals surface area contributed by atoms with Crippen molar-refractivity contribution in [3.05, 3.63) is 115 Å². The van der Waals surface area contributed by atoms with E-state index in [0.29, 0.717) is 49.3 Å². The zero-order chi connectivity index (χ0) is 27.2. The normalized spacial score (nSPS) is 14.8. The predicted octanol–water partition coefficient (Wildman–Crippen LogP) is 8.09. The van der Waals surface area contributed by atoms with Gasteiger partial charge in [0.15, 0.2) is 0 Å². The van der Waals surface area contributed by atoms with E-state index in [1.807, 2.05) is 54.6 Å². The molecular formula is C30H20N2. The van der Waals surface area contributed by atoms with Crippen LogP contribution < -0.4 is 0 Å². The van der Waals surface area contributed by atoms with Crippen LogP contribution in [0.25, 0.3) is 60.4 Å². The summed E-state index contributed by atoms with van der Waals surface area (Å²) < 4.78 is 62.4. The second kappa shape index (κ2) is 6.60. The first kappa shape index (κ1) is 11.9. The lowest BCUT2D eigenvalue weighted by molar-refractivity contribution is 1.18. The van der Waals surface area contributed by atoms with Crippen LogP contribution in [-0.4, -0.2) is 9.55 Å². The molecule has 2 aromatic heterocycles. The van der Waals surface area contributed by atoms with E-state index in [9.17, 15) is 0 Å². The number of nitrogens with zero attached hydrogens (tertiary/aromatic N) is 1. The van der Waals surface area contributed by atoms with Crippen LogP contribution in [0.3, 0.4) is 0 Å². The van der Waals surface area contributed by atoms with Crippen LogP contribution >= 0.6 is 0 Å². The van der Waals surface area contributed by atoms with E-state index < -0.39 is 0 Å². The smallest absolute Gasteiger partial charge is 0.0646 e. The second-order valence-electron chi connectivity index (χ2n) is 7.77. The third-order valence-corrected chi connectivity index (χ3v) is 6.00. The molecule has 0 saturated carbocycles. The van der Waals surface area contributed by atoms with Gasteiger partial charge in [-0.2, -0.15) is 0 Å². The Kier molecular flexibility index (Phi) is 2.46. The van der Waals surface area contributed by atoms with Crippen molar-refractivity contribution in [1.82, 2.24) is 9.55 Å². The van der Waals surface area contributed by atoms with Crippen LogP contribution in [0.1, 0.15) is 9.60 Å². The number of hydrogen-bond donors (Lipinski definition) is 1. The molecule has 7 aromatic rings. The van der Waals surface area contributed by atoms with E-state index in [4.69, 9.17) is 9.60 Å². The van der Waals surface area contributed by atoms with E-state index >= 15 is 0 Å². The van der Waals surface area contributed by atoms with Crippen molar-refractivity contribution >= 4 is 43.6 Å². The van der Waals surface area contributed by atoms with Gasteiger partial charge in [0, 0.05) is 38.3 Å². The maximum absolute atomic E-state index is 9.05. The Morgan fingerprint density at radius 3 is 2.25 bits per heavy atom. The van der Waals surface area contributed by atoms with Gasteiger partial charge in [0.2, 0.25) is 0 Å². The number of H-pyrrole nitrogens is 1. The lowest BCUT2D eigenvalue weighted by Crippen LogP contribution is -1.93. The zero-order valence-corrected chi connectivity index (χ0v) is 16.9. The number of aromatic amines is 1. The van der Waals surface area contributed by atoms with Crippen LogP contribution in [0, 0.1) is 0 Å². The Morgan fingerprint density at radius 1 is 0.562 bits per heavy atom. The summed E-state index contributed by atoms with van der Waals surface area (Å²) in [5.41, 5.74) is 4.21. The van der Waals surface area contributed by atoms with Crippen LogP contribution in [0.2, 0.25) is 0 Å². The van der Waals surface area contributed by atoms with Crippen LogP contribution in [0.4, 0.5) is 0 Å². The van der Waals surface area contributed by atoms with E-state index in [-0.39, 0.29) is 42.3 Å². The molecule has 0 aliphatic heterocycles. The molecule has 0 saturated heterocycles. The number of fused-ring (bicyclic) bond motifs is 7. The number of hydrogen-bond acceptors (Lipinski definition) is 0. The van der Waals surface area contributed by atoms with Crippen molar-refractivity contribution in [3.8, 4) is 16.8 Å². The molecule has 0 spiro atoms. The molecule has 0 fully saturated rings. The van der Waals surface area contributed by atoms with Gasteiger partial charge in [-0.05, 0) is 47.4 Å². The molecule has 150 valence electrons. The van der Waals surface area contributed by atoms with Gasteiger partial charge in [-0.15, -0.1) is 0 Å². The summed E-state index contributed by atoms with van der Waals surface area (Å²) in [5.74, 6) is 0. The van der Waals surface area contributed by atoms with Gasteiger partial charge in [0.1, 0.15) is 0 Å². The first-order valence-electron chi connectivity index (χ1n) is 13.9. The van der Waals surface area contributed by atoms with E-state index in [1.165, 1.54) is 12.1 Å². The van der Waals surface area contributed by atoms with Gasteiger partial charge in [-0.25, -0.2) is 0 Å². The fourth-order valence-corrected chi connectivity index (χ4v) is 4.58. The molecule has 0 amide bonds. The minimum Gasteiger partial charge on any atom is -0.354 e. The molecule has 7 rings (SSSR count). The number of aromatic nitrogens is 2. The molecule has 1 N–H and O–H groups in total. The maximum Gasteiger partial charge on any atom is 0.0646 e. The summed E-state index contributed by atoms with van der Waals surface area (Å²) in [6.07, 6.45) is 0. The van der Waals surface area contributed by atoms with Crippen molar-refractivity contribution in [2.45, 2.75) is 0 Å². The molecule has 2 heteroatoms. The minimum absolute atomic E-state index is 0.0376. The number of para-hydroxylation sites is 2. The van der Waals surface area contributed by atoms with E-state index in [1.54, 1.807) is 10.6 Å². The number of benzene rings is 5. The molecule has 0 radical (unpaired) electrons. The van der Waals surface area contributed by atoms with Gasteiger partial charge < -0.3 is 9.55 Å². The van der Waals surface area contributed by atoms with Crippen molar-refractivity contribution < 1.29 is 9.60 Å². The first-order valence-corrected chi connectivity index (χ1v) is 10.4. The third kappa shape index (κ3) is 2.41. The van der Waals surface area contributed by atoms with Crippen molar-refractivity contribution in [2.75, 3.05) is 0 Å². The van der Waals surface area contributed by atoms with Crippen molar-refractivity contribution in [2.24, 2.45) is 0 Å². The van der Waals surface area contributed by atoms with E-state index in [2.05, 4.69) is 4.98 Å². The fourth-order valence-electron chi connectivity index (χ4n) is 4.58. The standard InChI is InChI=1S/C30H20N2/c1-2-8-20(9-3-1)21-14-16-22(17-15-21)32-27-13-7-5-11-24(27)30-28(32)19-18-26-29(30)23-10-4-6-12-25(23)31-26/h1-19,31H/i4D,5D,11D,12D,13D,18D,19D. The molecular weight excluding hydrogens is 388 g/mol. The summed E-state index contributed by atoms with van der Waals surface area (Å²) in [6.45, 7) is 0. The Labute approximate surface area is 195 Å². The van der Waals surface area contributed by atoms with Gasteiger partial charge >= 0.3 is 0 Å².